The Bertz CT molecular complexity index is 495. The van der Waals surface area contributed by atoms with Crippen molar-refractivity contribution in [3.05, 3.63) is 28.2 Å². The molecule has 6 heteroatoms. The number of anilines is 1. The Morgan fingerprint density at radius 1 is 1.67 bits per heavy atom. The van der Waals surface area contributed by atoms with E-state index in [0.29, 0.717) is 11.3 Å². The normalized spacial score (nSPS) is 13.3. The van der Waals surface area contributed by atoms with E-state index < -0.39 is 11.6 Å². The number of halogens is 1. The average Bonchev–Trinajstić information content (AvgIpc) is 2.36. The molecule has 1 unspecified atom stereocenters. The van der Waals surface area contributed by atoms with E-state index in [2.05, 4.69) is 26.0 Å². The maximum Gasteiger partial charge on any atom is 0.339 e. The Kier molecular flexibility index (Phi) is 4.70. The van der Waals surface area contributed by atoms with Crippen LogP contribution in [0.15, 0.2) is 22.7 Å². The number of benzene rings is 1. The van der Waals surface area contributed by atoms with Crippen molar-refractivity contribution in [2.45, 2.75) is 12.5 Å². The van der Waals surface area contributed by atoms with Crippen LogP contribution < -0.4 is 5.32 Å². The van der Waals surface area contributed by atoms with Gasteiger partial charge in [-0.15, -0.1) is 0 Å². The zero-order chi connectivity index (χ0) is 13.8. The summed E-state index contributed by atoms with van der Waals surface area (Å²) in [4.78, 5) is 11.3. The van der Waals surface area contributed by atoms with Gasteiger partial charge < -0.3 is 15.2 Å². The van der Waals surface area contributed by atoms with E-state index in [9.17, 15) is 9.90 Å². The highest BCUT2D eigenvalue weighted by atomic mass is 79.9. The van der Waals surface area contributed by atoms with Gasteiger partial charge in [0.25, 0.3) is 0 Å². The fourth-order valence-electron chi connectivity index (χ4n) is 1.32. The number of carbonyl (C=O) groups excluding carboxylic acids is 1. The fraction of sp³-hybridized carbons (Fsp3) is 0.333. The van der Waals surface area contributed by atoms with E-state index in [0.717, 1.165) is 4.47 Å². The van der Waals surface area contributed by atoms with E-state index in [1.54, 1.807) is 18.2 Å². The number of carbonyl (C=O) groups is 1. The second kappa shape index (κ2) is 5.85. The highest BCUT2D eigenvalue weighted by Crippen LogP contribution is 2.21. The second-order valence-electron chi connectivity index (χ2n) is 3.92. The molecule has 0 spiro atoms. The molecule has 0 aliphatic rings. The maximum absolute atomic E-state index is 11.3. The predicted molar refractivity (Wildman–Crippen MR) is 70.0 cm³/mol. The van der Waals surface area contributed by atoms with E-state index >= 15 is 0 Å². The molecule has 0 amide bonds. The van der Waals surface area contributed by atoms with Crippen molar-refractivity contribution < 1.29 is 14.6 Å². The van der Waals surface area contributed by atoms with Crippen molar-refractivity contribution in [3.63, 3.8) is 0 Å². The van der Waals surface area contributed by atoms with E-state index in [1.807, 2.05) is 6.07 Å². The SMILES string of the molecule is COC(=O)C(C)(O)CNc1ccc(Br)cc1C#N. The molecular weight excluding hydrogens is 300 g/mol. The molecule has 0 aliphatic carbocycles. The summed E-state index contributed by atoms with van der Waals surface area (Å²) in [5.74, 6) is -0.731. The van der Waals surface area contributed by atoms with Crippen molar-refractivity contribution in [3.8, 4) is 6.07 Å². The lowest BCUT2D eigenvalue weighted by Gasteiger charge is -2.21. The van der Waals surface area contributed by atoms with Crippen molar-refractivity contribution in [2.24, 2.45) is 0 Å². The molecule has 0 aliphatic heterocycles. The molecule has 0 heterocycles. The number of nitrogens with zero attached hydrogens (tertiary/aromatic N) is 1. The van der Waals surface area contributed by atoms with Gasteiger partial charge in [0.15, 0.2) is 5.60 Å². The van der Waals surface area contributed by atoms with Crippen LogP contribution in [0.3, 0.4) is 0 Å². The third kappa shape index (κ3) is 3.45. The lowest BCUT2D eigenvalue weighted by molar-refractivity contribution is -0.158. The van der Waals surface area contributed by atoms with Crippen molar-refractivity contribution >= 4 is 27.6 Å². The number of hydrogen-bond acceptors (Lipinski definition) is 5. The number of ether oxygens (including phenoxy) is 1. The van der Waals surface area contributed by atoms with Crippen LogP contribution in [0.4, 0.5) is 5.69 Å². The van der Waals surface area contributed by atoms with Crippen LogP contribution in [0.25, 0.3) is 0 Å². The predicted octanol–water partition coefficient (Wildman–Crippen LogP) is 1.66. The average molecular weight is 313 g/mol. The second-order valence-corrected chi connectivity index (χ2v) is 4.84. The number of hydrogen-bond donors (Lipinski definition) is 2. The third-order valence-electron chi connectivity index (χ3n) is 2.35. The Labute approximate surface area is 114 Å². The van der Waals surface area contributed by atoms with Gasteiger partial charge in [-0.05, 0) is 25.1 Å². The molecule has 0 saturated heterocycles. The molecular formula is C12H13BrN2O3. The molecule has 0 radical (unpaired) electrons. The summed E-state index contributed by atoms with van der Waals surface area (Å²) in [6.45, 7) is 1.30. The van der Waals surface area contributed by atoms with Gasteiger partial charge >= 0.3 is 5.97 Å². The van der Waals surface area contributed by atoms with Crippen LogP contribution in [0.5, 0.6) is 0 Å². The number of rotatable bonds is 4. The highest BCUT2D eigenvalue weighted by molar-refractivity contribution is 9.10. The topological polar surface area (TPSA) is 82.3 Å². The van der Waals surface area contributed by atoms with Crippen LogP contribution in [0, 0.1) is 11.3 Å². The van der Waals surface area contributed by atoms with Gasteiger partial charge in [-0.25, -0.2) is 4.79 Å². The first-order chi connectivity index (χ1) is 8.40. The lowest BCUT2D eigenvalue weighted by atomic mass is 10.1. The summed E-state index contributed by atoms with van der Waals surface area (Å²) in [6, 6.07) is 7.12. The van der Waals surface area contributed by atoms with Gasteiger partial charge in [0.1, 0.15) is 6.07 Å². The van der Waals surface area contributed by atoms with Crippen molar-refractivity contribution in [2.75, 3.05) is 19.0 Å². The van der Waals surface area contributed by atoms with Gasteiger partial charge in [0.2, 0.25) is 0 Å². The number of methoxy groups -OCH3 is 1. The summed E-state index contributed by atoms with van der Waals surface area (Å²) in [5, 5.41) is 21.6. The molecule has 1 rings (SSSR count). The van der Waals surface area contributed by atoms with Crippen molar-refractivity contribution in [1.29, 1.82) is 5.26 Å². The third-order valence-corrected chi connectivity index (χ3v) is 2.84. The molecule has 0 fully saturated rings. The molecule has 0 aromatic heterocycles. The molecule has 0 bridgehead atoms. The van der Waals surface area contributed by atoms with Gasteiger partial charge in [-0.2, -0.15) is 5.26 Å². The summed E-state index contributed by atoms with van der Waals surface area (Å²) in [5.41, 5.74) is -0.677. The molecule has 2 N–H and O–H groups in total. The van der Waals surface area contributed by atoms with Crippen LogP contribution in [0.1, 0.15) is 12.5 Å². The number of aliphatic hydroxyl groups is 1. The Morgan fingerprint density at radius 3 is 2.89 bits per heavy atom. The van der Waals surface area contributed by atoms with E-state index in [-0.39, 0.29) is 6.54 Å². The fourth-order valence-corrected chi connectivity index (χ4v) is 1.68. The molecule has 18 heavy (non-hydrogen) atoms. The Hall–Kier alpha value is -1.58. The standard InChI is InChI=1S/C12H13BrN2O3/c1-12(17,11(16)18-2)7-15-10-4-3-9(13)5-8(10)6-14/h3-5,15,17H,7H2,1-2H3. The number of esters is 1. The number of nitriles is 1. The van der Waals surface area contributed by atoms with Gasteiger partial charge in [0.05, 0.1) is 24.9 Å². The largest absolute Gasteiger partial charge is 0.467 e. The molecule has 1 aromatic carbocycles. The first-order valence-electron chi connectivity index (χ1n) is 5.15. The highest BCUT2D eigenvalue weighted by Gasteiger charge is 2.31. The molecule has 5 nitrogen and oxygen atoms in total. The van der Waals surface area contributed by atoms with Crippen LogP contribution in [-0.2, 0) is 9.53 Å². The van der Waals surface area contributed by atoms with Gasteiger partial charge in [0, 0.05) is 4.47 Å². The molecule has 1 atom stereocenters. The minimum atomic E-state index is -1.64. The van der Waals surface area contributed by atoms with E-state index in [1.165, 1.54) is 14.0 Å². The first kappa shape index (κ1) is 14.5. The summed E-state index contributed by atoms with van der Waals surface area (Å²) >= 11 is 3.26. The van der Waals surface area contributed by atoms with Crippen molar-refractivity contribution in [1.82, 2.24) is 0 Å². The Morgan fingerprint density at radius 2 is 2.33 bits per heavy atom. The monoisotopic (exact) mass is 312 g/mol. The summed E-state index contributed by atoms with van der Waals surface area (Å²) in [6.07, 6.45) is 0. The van der Waals surface area contributed by atoms with Crippen LogP contribution in [-0.4, -0.2) is 30.3 Å². The van der Waals surface area contributed by atoms with Gasteiger partial charge in [-0.1, -0.05) is 15.9 Å². The maximum atomic E-state index is 11.3. The van der Waals surface area contributed by atoms with E-state index in [4.69, 9.17) is 5.26 Å². The minimum Gasteiger partial charge on any atom is -0.467 e. The smallest absolute Gasteiger partial charge is 0.339 e. The summed E-state index contributed by atoms with van der Waals surface area (Å²) in [7, 11) is 1.21. The zero-order valence-corrected chi connectivity index (χ0v) is 11.6. The number of nitrogens with one attached hydrogen (secondary N) is 1. The minimum absolute atomic E-state index is 0.0456. The molecule has 1 aromatic rings. The molecule has 0 saturated carbocycles. The Balaban J connectivity index is 2.81. The molecule has 96 valence electrons. The van der Waals surface area contributed by atoms with Crippen LogP contribution >= 0.6 is 15.9 Å². The van der Waals surface area contributed by atoms with Gasteiger partial charge in [-0.3, -0.25) is 0 Å². The first-order valence-corrected chi connectivity index (χ1v) is 5.94. The summed E-state index contributed by atoms with van der Waals surface area (Å²) < 4.78 is 5.26. The zero-order valence-electron chi connectivity index (χ0n) is 10.0. The quantitative estimate of drug-likeness (QED) is 0.826. The lowest BCUT2D eigenvalue weighted by Crippen LogP contribution is -2.42. The van der Waals surface area contributed by atoms with Crippen LogP contribution in [0.2, 0.25) is 0 Å².